The van der Waals surface area contributed by atoms with E-state index in [1.807, 2.05) is 0 Å². The first-order valence-electron chi connectivity index (χ1n) is 6.78. The Morgan fingerprint density at radius 1 is 1.55 bits per heavy atom. The van der Waals surface area contributed by atoms with Gasteiger partial charge in [0.2, 0.25) is 0 Å². The van der Waals surface area contributed by atoms with Crippen LogP contribution >= 0.6 is 0 Å². The zero-order chi connectivity index (χ0) is 14.5. The van der Waals surface area contributed by atoms with Gasteiger partial charge in [-0.25, -0.2) is 0 Å². The summed E-state index contributed by atoms with van der Waals surface area (Å²) in [5.74, 6) is 0.642. The van der Waals surface area contributed by atoms with Gasteiger partial charge in [0, 0.05) is 19.2 Å². The molecule has 2 rings (SSSR count). The molecule has 7 nitrogen and oxygen atoms in total. The van der Waals surface area contributed by atoms with Gasteiger partial charge in [-0.3, -0.25) is 10.1 Å². The molecular weight excluding hydrogens is 260 g/mol. The van der Waals surface area contributed by atoms with E-state index in [0.717, 1.165) is 13.0 Å². The van der Waals surface area contributed by atoms with Crippen LogP contribution in [-0.4, -0.2) is 48.1 Å². The number of piperidine rings is 1. The SMILES string of the molecule is CNc1ccc([N+](=O)[O-])c(OCC2CCCCN2C)n1. The molecule has 20 heavy (non-hydrogen) atoms. The minimum atomic E-state index is -0.466. The molecule has 1 aliphatic heterocycles. The molecule has 1 atom stereocenters. The fourth-order valence-electron chi connectivity index (χ4n) is 2.35. The molecule has 1 saturated heterocycles. The van der Waals surface area contributed by atoms with E-state index in [1.54, 1.807) is 13.1 Å². The fourth-order valence-corrected chi connectivity index (χ4v) is 2.35. The molecule has 1 aromatic rings. The molecule has 0 bridgehead atoms. The third-order valence-corrected chi connectivity index (χ3v) is 3.63. The first kappa shape index (κ1) is 14.5. The second-order valence-corrected chi connectivity index (χ2v) is 4.97. The molecule has 0 saturated carbocycles. The molecular formula is C13H20N4O3. The van der Waals surface area contributed by atoms with E-state index in [2.05, 4.69) is 22.2 Å². The number of aromatic nitrogens is 1. The first-order valence-corrected chi connectivity index (χ1v) is 6.78. The van der Waals surface area contributed by atoms with E-state index in [9.17, 15) is 10.1 Å². The minimum absolute atomic E-state index is 0.0841. The predicted molar refractivity (Wildman–Crippen MR) is 76.2 cm³/mol. The highest BCUT2D eigenvalue weighted by Crippen LogP contribution is 2.27. The highest BCUT2D eigenvalue weighted by atomic mass is 16.6. The van der Waals surface area contributed by atoms with E-state index in [-0.39, 0.29) is 11.6 Å². The van der Waals surface area contributed by atoms with Crippen molar-refractivity contribution in [2.24, 2.45) is 0 Å². The molecule has 7 heteroatoms. The predicted octanol–water partition coefficient (Wildman–Crippen LogP) is 1.89. The third-order valence-electron chi connectivity index (χ3n) is 3.63. The van der Waals surface area contributed by atoms with E-state index in [0.29, 0.717) is 18.5 Å². The lowest BCUT2D eigenvalue weighted by Crippen LogP contribution is -2.40. The molecule has 0 amide bonds. The van der Waals surface area contributed by atoms with Crippen molar-refractivity contribution in [1.29, 1.82) is 0 Å². The van der Waals surface area contributed by atoms with E-state index < -0.39 is 4.92 Å². The Kier molecular flexibility index (Phi) is 4.73. The molecule has 1 aliphatic rings. The lowest BCUT2D eigenvalue weighted by atomic mass is 10.0. The molecule has 1 aromatic heterocycles. The van der Waals surface area contributed by atoms with Crippen molar-refractivity contribution in [1.82, 2.24) is 9.88 Å². The number of hydrogen-bond donors (Lipinski definition) is 1. The van der Waals surface area contributed by atoms with E-state index in [4.69, 9.17) is 4.74 Å². The van der Waals surface area contributed by atoms with Gasteiger partial charge in [-0.05, 0) is 32.5 Å². The van der Waals surface area contributed by atoms with Crippen LogP contribution in [0.15, 0.2) is 12.1 Å². The summed E-state index contributed by atoms with van der Waals surface area (Å²) in [5, 5.41) is 13.8. The summed E-state index contributed by atoms with van der Waals surface area (Å²) >= 11 is 0. The number of nitro groups is 1. The highest BCUT2D eigenvalue weighted by Gasteiger charge is 2.23. The second-order valence-electron chi connectivity index (χ2n) is 4.97. The van der Waals surface area contributed by atoms with Gasteiger partial charge < -0.3 is 15.0 Å². The summed E-state index contributed by atoms with van der Waals surface area (Å²) in [5.41, 5.74) is -0.0949. The average Bonchev–Trinajstić information content (AvgIpc) is 2.46. The fraction of sp³-hybridized carbons (Fsp3) is 0.615. The maximum absolute atomic E-state index is 11.0. The molecule has 110 valence electrons. The van der Waals surface area contributed by atoms with E-state index >= 15 is 0 Å². The lowest BCUT2D eigenvalue weighted by Gasteiger charge is -2.31. The Labute approximate surface area is 118 Å². The molecule has 1 N–H and O–H groups in total. The van der Waals surface area contributed by atoms with Crippen LogP contribution in [0.1, 0.15) is 19.3 Å². The molecule has 0 spiro atoms. The van der Waals surface area contributed by atoms with Crippen LogP contribution in [0.5, 0.6) is 5.88 Å². The summed E-state index contributed by atoms with van der Waals surface area (Å²) in [6, 6.07) is 3.28. The van der Waals surface area contributed by atoms with Crippen molar-refractivity contribution >= 4 is 11.5 Å². The molecule has 0 radical (unpaired) electrons. The first-order chi connectivity index (χ1) is 9.61. The summed E-state index contributed by atoms with van der Waals surface area (Å²) in [6.45, 7) is 1.47. The number of nitrogens with zero attached hydrogens (tertiary/aromatic N) is 3. The molecule has 0 aromatic carbocycles. The number of ether oxygens (including phenoxy) is 1. The van der Waals surface area contributed by atoms with Gasteiger partial charge in [0.15, 0.2) is 0 Å². The average molecular weight is 280 g/mol. The lowest BCUT2D eigenvalue weighted by molar-refractivity contribution is -0.386. The molecule has 0 aliphatic carbocycles. The van der Waals surface area contributed by atoms with Gasteiger partial charge in [0.25, 0.3) is 5.88 Å². The van der Waals surface area contributed by atoms with Crippen molar-refractivity contribution in [2.45, 2.75) is 25.3 Å². The van der Waals surface area contributed by atoms with Crippen LogP contribution in [0.4, 0.5) is 11.5 Å². The topological polar surface area (TPSA) is 80.5 Å². The van der Waals surface area contributed by atoms with Crippen LogP contribution in [0.25, 0.3) is 0 Å². The van der Waals surface area contributed by atoms with Gasteiger partial charge in [-0.15, -0.1) is 0 Å². The van der Waals surface area contributed by atoms with Crippen LogP contribution < -0.4 is 10.1 Å². The van der Waals surface area contributed by atoms with Gasteiger partial charge in [-0.2, -0.15) is 4.98 Å². The van der Waals surface area contributed by atoms with E-state index in [1.165, 1.54) is 18.9 Å². The summed E-state index contributed by atoms with van der Waals surface area (Å²) in [6.07, 6.45) is 3.42. The Bertz CT molecular complexity index is 481. The monoisotopic (exact) mass is 280 g/mol. The number of likely N-dealkylation sites (tertiary alicyclic amines) is 1. The van der Waals surface area contributed by atoms with Crippen molar-refractivity contribution in [2.75, 3.05) is 32.6 Å². The molecule has 1 fully saturated rings. The zero-order valence-corrected chi connectivity index (χ0v) is 11.8. The Morgan fingerprint density at radius 3 is 3.00 bits per heavy atom. The van der Waals surface area contributed by atoms with Crippen LogP contribution in [-0.2, 0) is 0 Å². The number of pyridine rings is 1. The quantitative estimate of drug-likeness (QED) is 0.655. The van der Waals surface area contributed by atoms with Crippen molar-refractivity contribution < 1.29 is 9.66 Å². The Morgan fingerprint density at radius 2 is 2.35 bits per heavy atom. The van der Waals surface area contributed by atoms with Gasteiger partial charge >= 0.3 is 5.69 Å². The summed E-state index contributed by atoms with van der Waals surface area (Å²) < 4.78 is 5.62. The Hall–Kier alpha value is -1.89. The summed E-state index contributed by atoms with van der Waals surface area (Å²) in [7, 11) is 3.77. The zero-order valence-electron chi connectivity index (χ0n) is 11.8. The largest absolute Gasteiger partial charge is 0.471 e. The van der Waals surface area contributed by atoms with Gasteiger partial charge in [0.05, 0.1) is 4.92 Å². The molecule has 2 heterocycles. The number of likely N-dealkylation sites (N-methyl/N-ethyl adjacent to an activating group) is 1. The minimum Gasteiger partial charge on any atom is -0.471 e. The van der Waals surface area contributed by atoms with Crippen LogP contribution in [0.3, 0.4) is 0 Å². The normalized spacial score (nSPS) is 19.6. The van der Waals surface area contributed by atoms with Crippen molar-refractivity contribution in [3.05, 3.63) is 22.2 Å². The third kappa shape index (κ3) is 3.36. The Balaban J connectivity index is 2.08. The molecule has 1 unspecified atom stereocenters. The van der Waals surface area contributed by atoms with Crippen molar-refractivity contribution in [3.63, 3.8) is 0 Å². The smallest absolute Gasteiger partial charge is 0.331 e. The maximum Gasteiger partial charge on any atom is 0.331 e. The number of rotatable bonds is 5. The number of hydrogen-bond acceptors (Lipinski definition) is 6. The standard InChI is InChI=1S/C13H20N4O3/c1-14-12-7-6-11(17(18)19)13(15-12)20-9-10-5-3-4-8-16(10)2/h6-7,10H,3-5,8-9H2,1-2H3,(H,14,15). The maximum atomic E-state index is 11.0. The van der Waals surface area contributed by atoms with Crippen molar-refractivity contribution in [3.8, 4) is 5.88 Å². The van der Waals surface area contributed by atoms with Crippen LogP contribution in [0.2, 0.25) is 0 Å². The second kappa shape index (κ2) is 6.51. The summed E-state index contributed by atoms with van der Waals surface area (Å²) in [4.78, 5) is 16.9. The highest BCUT2D eigenvalue weighted by molar-refractivity contribution is 5.48. The van der Waals surface area contributed by atoms with Gasteiger partial charge in [-0.1, -0.05) is 6.42 Å². The number of anilines is 1. The van der Waals surface area contributed by atoms with Crippen LogP contribution in [0, 0.1) is 10.1 Å². The van der Waals surface area contributed by atoms with Gasteiger partial charge in [0.1, 0.15) is 12.4 Å². The number of nitrogens with one attached hydrogen (secondary N) is 1.